The number of carbonyl (C=O) groups excluding carboxylic acids is 1. The number of hydrogen-bond donors (Lipinski definition) is 1. The van der Waals surface area contributed by atoms with Crippen molar-refractivity contribution in [2.24, 2.45) is 0 Å². The number of thiazole rings is 1. The molecule has 0 saturated heterocycles. The fourth-order valence-corrected chi connectivity index (χ4v) is 4.32. The monoisotopic (exact) mass is 401 g/mol. The standard InChI is InChI=1S/C16H19N3O3S2.ClH/c1-3-19-8-7-13-14(10-19)23-16(17-13)18-15(20)11-5-4-6-12(9-11)24(2,21)22;/h4-6,9H,3,7-8,10H2,1-2H3,(H,17,18,20);1H. The molecule has 1 aromatic carbocycles. The summed E-state index contributed by atoms with van der Waals surface area (Å²) in [5.74, 6) is -0.348. The van der Waals surface area contributed by atoms with Crippen molar-refractivity contribution in [2.75, 3.05) is 24.7 Å². The van der Waals surface area contributed by atoms with Gasteiger partial charge in [-0.2, -0.15) is 0 Å². The Bertz CT molecular complexity index is 881. The van der Waals surface area contributed by atoms with Crippen LogP contribution in [0.4, 0.5) is 5.13 Å². The van der Waals surface area contributed by atoms with Gasteiger partial charge in [-0.05, 0) is 24.7 Å². The van der Waals surface area contributed by atoms with Crippen LogP contribution >= 0.6 is 23.7 Å². The molecule has 0 spiro atoms. The van der Waals surface area contributed by atoms with Gasteiger partial charge < -0.3 is 0 Å². The number of nitrogens with zero attached hydrogens (tertiary/aromatic N) is 2. The summed E-state index contributed by atoms with van der Waals surface area (Å²) in [5, 5.41) is 3.34. The Morgan fingerprint density at radius 1 is 1.40 bits per heavy atom. The highest BCUT2D eigenvalue weighted by molar-refractivity contribution is 7.90. The molecule has 0 unspecified atom stereocenters. The Balaban J connectivity index is 0.00000225. The molecule has 0 aliphatic carbocycles. The summed E-state index contributed by atoms with van der Waals surface area (Å²) in [4.78, 5) is 20.5. The third-order valence-corrected chi connectivity index (χ3v) is 6.11. The first-order chi connectivity index (χ1) is 11.4. The summed E-state index contributed by atoms with van der Waals surface area (Å²) in [6.07, 6.45) is 2.01. The first-order valence-electron chi connectivity index (χ1n) is 7.69. The Labute approximate surface area is 157 Å². The third-order valence-electron chi connectivity index (χ3n) is 4.00. The van der Waals surface area contributed by atoms with E-state index in [-0.39, 0.29) is 23.2 Å². The number of rotatable bonds is 4. The summed E-state index contributed by atoms with van der Waals surface area (Å²) < 4.78 is 23.2. The Morgan fingerprint density at radius 3 is 2.84 bits per heavy atom. The molecule has 136 valence electrons. The minimum absolute atomic E-state index is 0. The summed E-state index contributed by atoms with van der Waals surface area (Å²) in [7, 11) is -3.34. The van der Waals surface area contributed by atoms with E-state index in [0.717, 1.165) is 38.0 Å². The molecule has 0 atom stereocenters. The van der Waals surface area contributed by atoms with Crippen LogP contribution in [0.3, 0.4) is 0 Å². The van der Waals surface area contributed by atoms with Crippen molar-refractivity contribution < 1.29 is 13.2 Å². The number of nitrogens with one attached hydrogen (secondary N) is 1. The zero-order chi connectivity index (χ0) is 17.3. The molecule has 0 fully saturated rings. The van der Waals surface area contributed by atoms with Gasteiger partial charge in [-0.25, -0.2) is 13.4 Å². The van der Waals surface area contributed by atoms with Gasteiger partial charge in [0.2, 0.25) is 0 Å². The van der Waals surface area contributed by atoms with E-state index in [1.165, 1.54) is 28.3 Å². The molecule has 9 heteroatoms. The van der Waals surface area contributed by atoms with Crippen molar-refractivity contribution in [3.63, 3.8) is 0 Å². The summed E-state index contributed by atoms with van der Waals surface area (Å²) in [6.45, 7) is 4.97. The SMILES string of the molecule is CCN1CCc2nc(NC(=O)c3cccc(S(C)(=O)=O)c3)sc2C1.Cl. The molecule has 1 amide bonds. The van der Waals surface area contributed by atoms with Crippen LogP contribution in [0, 0.1) is 0 Å². The second kappa shape index (κ2) is 7.82. The number of carbonyl (C=O) groups is 1. The first-order valence-corrected chi connectivity index (χ1v) is 10.4. The molecule has 1 N–H and O–H groups in total. The highest BCUT2D eigenvalue weighted by atomic mass is 35.5. The predicted molar refractivity (Wildman–Crippen MR) is 102 cm³/mol. The van der Waals surface area contributed by atoms with Gasteiger partial charge in [-0.3, -0.25) is 15.0 Å². The van der Waals surface area contributed by atoms with E-state index < -0.39 is 9.84 Å². The first kappa shape index (κ1) is 19.8. The van der Waals surface area contributed by atoms with Crippen LogP contribution in [0.2, 0.25) is 0 Å². The van der Waals surface area contributed by atoms with Crippen LogP contribution < -0.4 is 5.32 Å². The summed E-state index contributed by atoms with van der Waals surface area (Å²) in [6, 6.07) is 6.03. The number of sulfone groups is 1. The van der Waals surface area contributed by atoms with Crippen LogP contribution in [0.5, 0.6) is 0 Å². The smallest absolute Gasteiger partial charge is 0.257 e. The number of fused-ring (bicyclic) bond motifs is 1. The molecular formula is C16H20ClN3O3S2. The zero-order valence-electron chi connectivity index (χ0n) is 14.0. The lowest BCUT2D eigenvalue weighted by atomic mass is 10.2. The third kappa shape index (κ3) is 4.58. The van der Waals surface area contributed by atoms with Crippen molar-refractivity contribution in [3.05, 3.63) is 40.4 Å². The lowest BCUT2D eigenvalue weighted by molar-refractivity contribution is 0.102. The van der Waals surface area contributed by atoms with Crippen molar-refractivity contribution in [1.82, 2.24) is 9.88 Å². The largest absolute Gasteiger partial charge is 0.298 e. The molecule has 1 aliphatic rings. The molecule has 25 heavy (non-hydrogen) atoms. The van der Waals surface area contributed by atoms with Gasteiger partial charge in [-0.1, -0.05) is 13.0 Å². The van der Waals surface area contributed by atoms with Crippen LogP contribution in [-0.4, -0.2) is 43.6 Å². The van der Waals surface area contributed by atoms with Gasteiger partial charge >= 0.3 is 0 Å². The molecule has 3 rings (SSSR count). The second-order valence-corrected chi connectivity index (χ2v) is 8.86. The maximum atomic E-state index is 12.4. The summed E-state index contributed by atoms with van der Waals surface area (Å²) >= 11 is 1.48. The van der Waals surface area contributed by atoms with Gasteiger partial charge in [0, 0.05) is 36.2 Å². The molecule has 0 saturated carbocycles. The fourth-order valence-electron chi connectivity index (χ4n) is 2.61. The number of benzene rings is 1. The number of aromatic nitrogens is 1. The van der Waals surface area contributed by atoms with E-state index in [0.29, 0.717) is 10.7 Å². The zero-order valence-corrected chi connectivity index (χ0v) is 16.4. The van der Waals surface area contributed by atoms with Crippen LogP contribution in [-0.2, 0) is 22.8 Å². The lowest BCUT2D eigenvalue weighted by Crippen LogP contribution is -2.29. The van der Waals surface area contributed by atoms with E-state index >= 15 is 0 Å². The quantitative estimate of drug-likeness (QED) is 0.851. The van der Waals surface area contributed by atoms with Gasteiger partial charge in [0.05, 0.1) is 10.6 Å². The Morgan fingerprint density at radius 2 is 2.16 bits per heavy atom. The minimum Gasteiger partial charge on any atom is -0.298 e. The van der Waals surface area contributed by atoms with Crippen molar-refractivity contribution in [3.8, 4) is 0 Å². The fraction of sp³-hybridized carbons (Fsp3) is 0.375. The van der Waals surface area contributed by atoms with Gasteiger partial charge in [0.15, 0.2) is 15.0 Å². The van der Waals surface area contributed by atoms with E-state index in [1.54, 1.807) is 12.1 Å². The highest BCUT2D eigenvalue weighted by Crippen LogP contribution is 2.28. The molecule has 6 nitrogen and oxygen atoms in total. The number of anilines is 1. The van der Waals surface area contributed by atoms with Crippen LogP contribution in [0.1, 0.15) is 27.9 Å². The average molecular weight is 402 g/mol. The number of hydrogen-bond acceptors (Lipinski definition) is 6. The average Bonchev–Trinajstić information content (AvgIpc) is 2.95. The number of amides is 1. The Hall–Kier alpha value is -1.48. The number of halogens is 1. The van der Waals surface area contributed by atoms with E-state index in [2.05, 4.69) is 22.1 Å². The number of likely N-dealkylation sites (N-methyl/N-ethyl adjacent to an activating group) is 1. The normalized spacial score (nSPS) is 14.5. The molecule has 0 bridgehead atoms. The predicted octanol–water partition coefficient (Wildman–Crippen LogP) is 2.60. The van der Waals surface area contributed by atoms with Crippen molar-refractivity contribution in [2.45, 2.75) is 24.8 Å². The van der Waals surface area contributed by atoms with E-state index in [4.69, 9.17) is 0 Å². The van der Waals surface area contributed by atoms with Crippen molar-refractivity contribution >= 4 is 44.6 Å². The van der Waals surface area contributed by atoms with Gasteiger partial charge in [-0.15, -0.1) is 23.7 Å². The van der Waals surface area contributed by atoms with E-state index in [1.807, 2.05) is 0 Å². The lowest BCUT2D eigenvalue weighted by Gasteiger charge is -2.23. The van der Waals surface area contributed by atoms with Crippen LogP contribution in [0.25, 0.3) is 0 Å². The molecular weight excluding hydrogens is 382 g/mol. The van der Waals surface area contributed by atoms with E-state index in [9.17, 15) is 13.2 Å². The second-order valence-electron chi connectivity index (χ2n) is 5.76. The maximum Gasteiger partial charge on any atom is 0.257 e. The maximum absolute atomic E-state index is 12.4. The van der Waals surface area contributed by atoms with Crippen molar-refractivity contribution in [1.29, 1.82) is 0 Å². The molecule has 1 aromatic heterocycles. The molecule has 2 heterocycles. The molecule has 0 radical (unpaired) electrons. The van der Waals surface area contributed by atoms with Gasteiger partial charge in [0.1, 0.15) is 0 Å². The van der Waals surface area contributed by atoms with Gasteiger partial charge in [0.25, 0.3) is 5.91 Å². The highest BCUT2D eigenvalue weighted by Gasteiger charge is 2.21. The molecule has 1 aliphatic heterocycles. The Kier molecular flexibility index (Phi) is 6.21. The van der Waals surface area contributed by atoms with Crippen LogP contribution in [0.15, 0.2) is 29.2 Å². The molecule has 2 aromatic rings. The minimum atomic E-state index is -3.34. The topological polar surface area (TPSA) is 79.4 Å². The summed E-state index contributed by atoms with van der Waals surface area (Å²) in [5.41, 5.74) is 1.35.